The van der Waals surface area contributed by atoms with Crippen LogP contribution in [-0.4, -0.2) is 51.6 Å². The molecule has 19 heavy (non-hydrogen) atoms. The Bertz CT molecular complexity index is 458. The highest BCUT2D eigenvalue weighted by molar-refractivity contribution is 5.80. The van der Waals surface area contributed by atoms with Crippen LogP contribution in [0, 0.1) is 0 Å². The van der Waals surface area contributed by atoms with Crippen LogP contribution < -0.4 is 5.32 Å². The van der Waals surface area contributed by atoms with Crippen molar-refractivity contribution in [1.29, 1.82) is 0 Å². The maximum absolute atomic E-state index is 11.0. The van der Waals surface area contributed by atoms with Crippen molar-refractivity contribution in [2.45, 2.75) is 31.7 Å². The minimum absolute atomic E-state index is 0.350. The minimum atomic E-state index is -1.07. The molecule has 2 N–H and O–H groups in total. The van der Waals surface area contributed by atoms with Crippen molar-refractivity contribution in [3.8, 4) is 0 Å². The molecule has 1 unspecified atom stereocenters. The van der Waals surface area contributed by atoms with E-state index in [4.69, 9.17) is 5.11 Å². The average Bonchev–Trinajstić information content (AvgIpc) is 2.76. The largest absolute Gasteiger partial charge is 0.480 e. The van der Waals surface area contributed by atoms with Gasteiger partial charge in [0, 0.05) is 24.9 Å². The molecule has 0 bridgehead atoms. The van der Waals surface area contributed by atoms with Gasteiger partial charge in [0.05, 0.1) is 0 Å². The van der Waals surface area contributed by atoms with Gasteiger partial charge >= 0.3 is 5.97 Å². The van der Waals surface area contributed by atoms with E-state index >= 15 is 0 Å². The van der Waals surface area contributed by atoms with E-state index in [2.05, 4.69) is 27.2 Å². The topological polar surface area (TPSA) is 78.4 Å². The number of anilines is 1. The van der Waals surface area contributed by atoms with E-state index in [1.54, 1.807) is 26.2 Å². The Kier molecular flexibility index (Phi) is 3.71. The van der Waals surface area contributed by atoms with Crippen molar-refractivity contribution in [3.05, 3.63) is 18.0 Å². The molecule has 1 saturated heterocycles. The Hall–Kier alpha value is -1.69. The van der Waals surface area contributed by atoms with Gasteiger partial charge < -0.3 is 15.3 Å². The van der Waals surface area contributed by atoms with Gasteiger partial charge in [0.15, 0.2) is 0 Å². The molecule has 0 amide bonds. The molecule has 1 aromatic heterocycles. The summed E-state index contributed by atoms with van der Waals surface area (Å²) in [5, 5.41) is 11.8. The SMILES string of the molecule is CN1CCC(c2cnc(NC(C)(C)C(=O)O)nc2)C1. The smallest absolute Gasteiger partial charge is 0.328 e. The Morgan fingerprint density at radius 1 is 1.47 bits per heavy atom. The molecule has 1 atom stereocenters. The lowest BCUT2D eigenvalue weighted by molar-refractivity contribution is -0.141. The van der Waals surface area contributed by atoms with Crippen LogP contribution in [-0.2, 0) is 4.79 Å². The van der Waals surface area contributed by atoms with E-state index in [0.717, 1.165) is 25.1 Å². The summed E-state index contributed by atoms with van der Waals surface area (Å²) in [5.41, 5.74) is 0.0396. The number of carboxylic acids is 1. The van der Waals surface area contributed by atoms with Gasteiger partial charge in [-0.1, -0.05) is 0 Å². The lowest BCUT2D eigenvalue weighted by Crippen LogP contribution is -2.40. The lowest BCUT2D eigenvalue weighted by atomic mass is 10.0. The molecule has 1 aliphatic heterocycles. The van der Waals surface area contributed by atoms with Crippen LogP contribution in [0.3, 0.4) is 0 Å². The zero-order valence-corrected chi connectivity index (χ0v) is 11.6. The van der Waals surface area contributed by atoms with Crippen LogP contribution in [0.25, 0.3) is 0 Å². The first-order valence-electron chi connectivity index (χ1n) is 6.40. The summed E-state index contributed by atoms with van der Waals surface area (Å²) in [6.07, 6.45) is 4.70. The monoisotopic (exact) mass is 264 g/mol. The summed E-state index contributed by atoms with van der Waals surface area (Å²) < 4.78 is 0. The second-order valence-corrected chi connectivity index (χ2v) is 5.64. The molecule has 6 nitrogen and oxygen atoms in total. The normalized spacial score (nSPS) is 20.5. The molecule has 104 valence electrons. The zero-order chi connectivity index (χ0) is 14.0. The number of nitrogens with one attached hydrogen (secondary N) is 1. The molecule has 0 aliphatic carbocycles. The number of aromatic nitrogens is 2. The van der Waals surface area contributed by atoms with Gasteiger partial charge in [-0.2, -0.15) is 0 Å². The molecule has 1 fully saturated rings. The highest BCUT2D eigenvalue weighted by atomic mass is 16.4. The van der Waals surface area contributed by atoms with Crippen LogP contribution in [0.1, 0.15) is 31.7 Å². The molecule has 1 aromatic rings. The molecule has 6 heteroatoms. The summed E-state index contributed by atoms with van der Waals surface area (Å²) >= 11 is 0. The van der Waals surface area contributed by atoms with E-state index in [9.17, 15) is 4.79 Å². The molecular weight excluding hydrogens is 244 g/mol. The maximum Gasteiger partial charge on any atom is 0.328 e. The van der Waals surface area contributed by atoms with Crippen LogP contribution in [0.15, 0.2) is 12.4 Å². The molecule has 0 radical (unpaired) electrons. The minimum Gasteiger partial charge on any atom is -0.480 e. The van der Waals surface area contributed by atoms with Gasteiger partial charge in [-0.15, -0.1) is 0 Å². The van der Waals surface area contributed by atoms with E-state index in [1.165, 1.54) is 0 Å². The quantitative estimate of drug-likeness (QED) is 0.850. The van der Waals surface area contributed by atoms with Crippen LogP contribution >= 0.6 is 0 Å². The van der Waals surface area contributed by atoms with Gasteiger partial charge in [0.1, 0.15) is 5.54 Å². The summed E-state index contributed by atoms with van der Waals surface area (Å²) in [4.78, 5) is 21.7. The summed E-state index contributed by atoms with van der Waals surface area (Å²) in [6.45, 7) is 5.28. The molecular formula is C13H20N4O2. The first-order chi connectivity index (χ1) is 8.88. The fourth-order valence-electron chi connectivity index (χ4n) is 2.15. The Morgan fingerprint density at radius 3 is 2.58 bits per heavy atom. The lowest BCUT2D eigenvalue weighted by Gasteiger charge is -2.21. The molecule has 0 aromatic carbocycles. The Balaban J connectivity index is 2.04. The Morgan fingerprint density at radius 2 is 2.11 bits per heavy atom. The predicted molar refractivity (Wildman–Crippen MR) is 72.2 cm³/mol. The number of hydrogen-bond donors (Lipinski definition) is 2. The molecule has 0 spiro atoms. The highest BCUT2D eigenvalue weighted by Crippen LogP contribution is 2.25. The van der Waals surface area contributed by atoms with E-state index in [1.807, 2.05) is 0 Å². The second kappa shape index (κ2) is 5.13. The van der Waals surface area contributed by atoms with Crippen LogP contribution in [0.2, 0.25) is 0 Å². The fourth-order valence-corrected chi connectivity index (χ4v) is 2.15. The fraction of sp³-hybridized carbons (Fsp3) is 0.615. The first-order valence-corrected chi connectivity index (χ1v) is 6.40. The number of hydrogen-bond acceptors (Lipinski definition) is 5. The number of aliphatic carboxylic acids is 1. The third-order valence-electron chi connectivity index (χ3n) is 3.49. The van der Waals surface area contributed by atoms with Gasteiger partial charge in [-0.25, -0.2) is 14.8 Å². The Labute approximate surface area is 112 Å². The number of likely N-dealkylation sites (N-methyl/N-ethyl adjacent to an activating group) is 1. The average molecular weight is 264 g/mol. The highest BCUT2D eigenvalue weighted by Gasteiger charge is 2.28. The van der Waals surface area contributed by atoms with Crippen molar-refractivity contribution >= 4 is 11.9 Å². The van der Waals surface area contributed by atoms with Gasteiger partial charge in [0.25, 0.3) is 0 Å². The summed E-state index contributed by atoms with van der Waals surface area (Å²) in [5.74, 6) is -0.105. The predicted octanol–water partition coefficient (Wildman–Crippen LogP) is 1.17. The van der Waals surface area contributed by atoms with E-state index in [-0.39, 0.29) is 0 Å². The molecule has 1 aliphatic rings. The summed E-state index contributed by atoms with van der Waals surface area (Å²) in [7, 11) is 2.10. The van der Waals surface area contributed by atoms with Crippen LogP contribution in [0.4, 0.5) is 5.95 Å². The van der Waals surface area contributed by atoms with Crippen molar-refractivity contribution in [3.63, 3.8) is 0 Å². The number of carboxylic acid groups (broad SMARTS) is 1. The number of rotatable bonds is 4. The second-order valence-electron chi connectivity index (χ2n) is 5.64. The van der Waals surface area contributed by atoms with Crippen molar-refractivity contribution in [1.82, 2.24) is 14.9 Å². The standard InChI is InChI=1S/C13H20N4O2/c1-13(2,11(18)19)16-12-14-6-10(7-15-12)9-4-5-17(3)8-9/h6-7,9H,4-5,8H2,1-3H3,(H,18,19)(H,14,15,16). The van der Waals surface area contributed by atoms with E-state index < -0.39 is 11.5 Å². The summed E-state index contributed by atoms with van der Waals surface area (Å²) in [6, 6.07) is 0. The first kappa shape index (κ1) is 13.7. The zero-order valence-electron chi connectivity index (χ0n) is 11.6. The van der Waals surface area contributed by atoms with Crippen molar-refractivity contribution < 1.29 is 9.90 Å². The number of carbonyl (C=O) groups is 1. The van der Waals surface area contributed by atoms with Crippen molar-refractivity contribution in [2.24, 2.45) is 0 Å². The maximum atomic E-state index is 11.0. The van der Waals surface area contributed by atoms with Gasteiger partial charge in [0.2, 0.25) is 5.95 Å². The van der Waals surface area contributed by atoms with E-state index in [0.29, 0.717) is 11.9 Å². The molecule has 2 rings (SSSR count). The van der Waals surface area contributed by atoms with Gasteiger partial charge in [-0.05, 0) is 39.4 Å². The number of likely N-dealkylation sites (tertiary alicyclic amines) is 1. The van der Waals surface area contributed by atoms with Crippen LogP contribution in [0.5, 0.6) is 0 Å². The molecule has 2 heterocycles. The third kappa shape index (κ3) is 3.20. The van der Waals surface area contributed by atoms with Crippen molar-refractivity contribution in [2.75, 3.05) is 25.5 Å². The van der Waals surface area contributed by atoms with Gasteiger partial charge in [-0.3, -0.25) is 0 Å². The molecule has 0 saturated carbocycles. The third-order valence-corrected chi connectivity index (χ3v) is 3.49. The number of nitrogens with zero attached hydrogens (tertiary/aromatic N) is 3.